The van der Waals surface area contributed by atoms with Crippen LogP contribution in [0.4, 0.5) is 17.1 Å². The summed E-state index contributed by atoms with van der Waals surface area (Å²) >= 11 is 0. The molecule has 0 atom stereocenters. The molecule has 2 nitrogen and oxygen atoms in total. The zero-order valence-corrected chi connectivity index (χ0v) is 31.8. The number of para-hydroxylation sites is 1. The van der Waals surface area contributed by atoms with Crippen molar-refractivity contribution in [3.05, 3.63) is 230 Å². The number of anilines is 3. The number of rotatable bonds is 6. The lowest BCUT2D eigenvalue weighted by Gasteiger charge is -2.27. The van der Waals surface area contributed by atoms with Gasteiger partial charge in [0.25, 0.3) is 0 Å². The molecule has 10 rings (SSSR count). The van der Waals surface area contributed by atoms with Crippen molar-refractivity contribution in [2.75, 3.05) is 4.90 Å². The van der Waals surface area contributed by atoms with Gasteiger partial charge in [-0.05, 0) is 128 Å². The fourth-order valence-electron chi connectivity index (χ4n) is 8.39. The normalized spacial score (nSPS) is 11.2. The van der Waals surface area contributed by atoms with Crippen molar-refractivity contribution in [2.45, 2.75) is 6.92 Å². The molecule has 0 unspecified atom stereocenters. The minimum atomic E-state index is 1.07. The number of benzene rings is 9. The second-order valence-electron chi connectivity index (χ2n) is 14.6. The third kappa shape index (κ3) is 6.38. The molecule has 57 heavy (non-hydrogen) atoms. The Morgan fingerprint density at radius 2 is 0.877 bits per heavy atom. The first-order valence-electron chi connectivity index (χ1n) is 19.6. The van der Waals surface area contributed by atoms with Crippen LogP contribution in [0.1, 0.15) is 5.69 Å². The number of hydrogen-bond acceptors (Lipinski definition) is 1. The summed E-state index contributed by atoms with van der Waals surface area (Å²) in [5.74, 6) is 0. The summed E-state index contributed by atoms with van der Waals surface area (Å²) in [7, 11) is 0. The highest BCUT2D eigenvalue weighted by Gasteiger charge is 2.17. The van der Waals surface area contributed by atoms with E-state index in [1.165, 1.54) is 54.6 Å². The van der Waals surface area contributed by atoms with Gasteiger partial charge in [0.15, 0.2) is 0 Å². The van der Waals surface area contributed by atoms with Gasteiger partial charge >= 0.3 is 0 Å². The molecule has 0 saturated carbocycles. The SMILES string of the molecule is Cc1cccccc2ccc(N(c3ccc(-c4ccccc4)cc3)c3ccc(-c4cc5ccccc5c5ccc6ccccc6c45)cc3)cc2n1-c1ccccc1. The first-order valence-corrected chi connectivity index (χ1v) is 19.6. The van der Waals surface area contributed by atoms with Gasteiger partial charge in [-0.1, -0.05) is 164 Å². The van der Waals surface area contributed by atoms with Gasteiger partial charge in [0.05, 0.1) is 5.52 Å². The van der Waals surface area contributed by atoms with E-state index in [-0.39, 0.29) is 0 Å². The Morgan fingerprint density at radius 1 is 0.351 bits per heavy atom. The quantitative estimate of drug-likeness (QED) is 0.155. The Kier molecular flexibility index (Phi) is 8.78. The van der Waals surface area contributed by atoms with Crippen LogP contribution < -0.4 is 4.90 Å². The lowest BCUT2D eigenvalue weighted by molar-refractivity contribution is 1.03. The maximum Gasteiger partial charge on any atom is 0.0551 e. The highest BCUT2D eigenvalue weighted by atomic mass is 15.1. The molecular weight excluding hydrogens is 689 g/mol. The molecule has 9 aromatic carbocycles. The van der Waals surface area contributed by atoms with Gasteiger partial charge in [-0.15, -0.1) is 0 Å². The summed E-state index contributed by atoms with van der Waals surface area (Å²) in [6.45, 7) is 2.18. The van der Waals surface area contributed by atoms with Crippen LogP contribution in [0, 0.1) is 6.92 Å². The summed E-state index contributed by atoms with van der Waals surface area (Å²) in [6, 6.07) is 81.2. The molecule has 0 aliphatic carbocycles. The summed E-state index contributed by atoms with van der Waals surface area (Å²) in [4.78, 5) is 2.38. The van der Waals surface area contributed by atoms with Crippen LogP contribution in [0.25, 0.3) is 71.2 Å². The van der Waals surface area contributed by atoms with Crippen LogP contribution >= 0.6 is 0 Å². The Balaban J connectivity index is 1.18. The molecule has 0 aliphatic rings. The first-order chi connectivity index (χ1) is 28.2. The number of aromatic nitrogens is 1. The van der Waals surface area contributed by atoms with Crippen molar-refractivity contribution in [2.24, 2.45) is 0 Å². The highest BCUT2D eigenvalue weighted by Crippen LogP contribution is 2.42. The lowest BCUT2D eigenvalue weighted by Crippen LogP contribution is -2.10. The maximum atomic E-state index is 2.38. The molecule has 1 heterocycles. The van der Waals surface area contributed by atoms with E-state index in [0.29, 0.717) is 0 Å². The van der Waals surface area contributed by atoms with Gasteiger partial charge in [0.2, 0.25) is 0 Å². The largest absolute Gasteiger partial charge is 0.314 e. The van der Waals surface area contributed by atoms with Crippen molar-refractivity contribution < 1.29 is 0 Å². The zero-order chi connectivity index (χ0) is 38.1. The van der Waals surface area contributed by atoms with Crippen molar-refractivity contribution in [1.29, 1.82) is 0 Å². The average molecular weight is 729 g/mol. The molecule has 0 N–H and O–H groups in total. The fraction of sp³-hybridized carbons (Fsp3) is 0.0182. The van der Waals surface area contributed by atoms with Crippen molar-refractivity contribution >= 4 is 60.3 Å². The second-order valence-corrected chi connectivity index (χ2v) is 14.6. The summed E-state index contributed by atoms with van der Waals surface area (Å²) < 4.78 is 2.35. The van der Waals surface area contributed by atoms with Gasteiger partial charge in [0.1, 0.15) is 0 Å². The third-order valence-corrected chi connectivity index (χ3v) is 11.1. The first kappa shape index (κ1) is 34.1. The summed E-state index contributed by atoms with van der Waals surface area (Å²) in [5.41, 5.74) is 11.4. The van der Waals surface area contributed by atoms with Crippen LogP contribution in [0.15, 0.2) is 224 Å². The molecular formula is C55H40N2. The van der Waals surface area contributed by atoms with E-state index < -0.39 is 0 Å². The van der Waals surface area contributed by atoms with Crippen LogP contribution in [0.2, 0.25) is 0 Å². The lowest BCUT2D eigenvalue weighted by atomic mass is 9.90. The Labute approximate surface area is 333 Å². The predicted octanol–water partition coefficient (Wildman–Crippen LogP) is 15.3. The van der Waals surface area contributed by atoms with Crippen LogP contribution in [-0.2, 0) is 0 Å². The molecule has 270 valence electrons. The predicted molar refractivity (Wildman–Crippen MR) is 244 cm³/mol. The van der Waals surface area contributed by atoms with Crippen molar-refractivity contribution in [3.63, 3.8) is 0 Å². The van der Waals surface area contributed by atoms with E-state index in [0.717, 1.165) is 39.3 Å². The standard InChI is InChI=1S/C55H40N2/c1-39-15-5-2-8-19-44-29-35-49(38-54(44)56(39)46-21-9-4-10-22-46)57(47-31-25-41(26-32-47)40-16-6-3-7-17-40)48-33-27-43(28-34-48)53-37-45-20-12-13-23-50(45)52-36-30-42-18-11-14-24-51(42)55(52)53/h2-38H,1H3. The molecule has 0 aliphatic heterocycles. The van der Waals surface area contributed by atoms with Gasteiger partial charge in [0, 0.05) is 28.4 Å². The number of aryl methyl sites for hydroxylation is 1. The van der Waals surface area contributed by atoms with Gasteiger partial charge < -0.3 is 9.47 Å². The van der Waals surface area contributed by atoms with Gasteiger partial charge in [-0.2, -0.15) is 0 Å². The molecule has 0 spiro atoms. The molecule has 0 bridgehead atoms. The van der Waals surface area contributed by atoms with E-state index in [4.69, 9.17) is 0 Å². The monoisotopic (exact) mass is 728 g/mol. The van der Waals surface area contributed by atoms with Crippen LogP contribution in [0.3, 0.4) is 0 Å². The molecule has 0 saturated heterocycles. The maximum absolute atomic E-state index is 2.38. The van der Waals surface area contributed by atoms with E-state index >= 15 is 0 Å². The minimum Gasteiger partial charge on any atom is -0.314 e. The molecule has 0 fully saturated rings. The molecule has 2 heteroatoms. The van der Waals surface area contributed by atoms with E-state index in [2.05, 4.69) is 241 Å². The fourth-order valence-corrected chi connectivity index (χ4v) is 8.39. The van der Waals surface area contributed by atoms with Crippen molar-refractivity contribution in [1.82, 2.24) is 4.57 Å². The van der Waals surface area contributed by atoms with E-state index in [9.17, 15) is 0 Å². The summed E-state index contributed by atoms with van der Waals surface area (Å²) in [5, 5.41) is 8.75. The van der Waals surface area contributed by atoms with E-state index in [1.807, 2.05) is 0 Å². The second kappa shape index (κ2) is 14.7. The van der Waals surface area contributed by atoms with Crippen LogP contribution in [-0.4, -0.2) is 4.57 Å². The molecule has 0 amide bonds. The minimum absolute atomic E-state index is 1.07. The third-order valence-electron chi connectivity index (χ3n) is 11.1. The topological polar surface area (TPSA) is 8.17 Å². The van der Waals surface area contributed by atoms with Gasteiger partial charge in [-0.3, -0.25) is 0 Å². The average Bonchev–Trinajstić information content (AvgIpc) is 3.35. The number of fused-ring (bicyclic) bond motifs is 6. The summed E-state index contributed by atoms with van der Waals surface area (Å²) in [6.07, 6.45) is 0. The number of nitrogens with zero attached hydrogens (tertiary/aromatic N) is 2. The zero-order valence-electron chi connectivity index (χ0n) is 31.8. The van der Waals surface area contributed by atoms with Crippen molar-refractivity contribution in [3.8, 4) is 27.9 Å². The Bertz CT molecular complexity index is 3110. The molecule has 1 aromatic heterocycles. The number of hydrogen-bond donors (Lipinski definition) is 0. The highest BCUT2D eigenvalue weighted by molar-refractivity contribution is 6.23. The smallest absolute Gasteiger partial charge is 0.0551 e. The molecule has 0 radical (unpaired) electrons. The van der Waals surface area contributed by atoms with Crippen LogP contribution in [0.5, 0.6) is 0 Å². The molecule has 10 aromatic rings. The van der Waals surface area contributed by atoms with Gasteiger partial charge in [-0.25, -0.2) is 0 Å². The Hall–Kier alpha value is -7.42. The van der Waals surface area contributed by atoms with E-state index in [1.54, 1.807) is 0 Å². The Morgan fingerprint density at radius 3 is 1.61 bits per heavy atom.